The average molecular weight is 390 g/mol. The normalized spacial score (nSPS) is 25.2. The Balaban J connectivity index is 1.62. The number of carbonyl (C=O) groups is 1. The van der Waals surface area contributed by atoms with E-state index in [-0.39, 0.29) is 11.9 Å². The molecular weight excluding hydrogens is 366 g/mol. The van der Waals surface area contributed by atoms with Crippen LogP contribution in [-0.2, 0) is 10.3 Å². The molecule has 142 valence electrons. The van der Waals surface area contributed by atoms with E-state index in [2.05, 4.69) is 59.2 Å². The van der Waals surface area contributed by atoms with Crippen molar-refractivity contribution in [1.29, 1.82) is 5.41 Å². The fourth-order valence-corrected chi connectivity index (χ4v) is 5.11. The molecule has 0 radical (unpaired) electrons. The van der Waals surface area contributed by atoms with E-state index in [1.54, 1.807) is 18.4 Å². The van der Waals surface area contributed by atoms with Crippen LogP contribution in [0.4, 0.5) is 0 Å². The predicted octanol–water partition coefficient (Wildman–Crippen LogP) is 4.77. The lowest BCUT2D eigenvalue weighted by molar-refractivity contribution is -0.131. The zero-order valence-corrected chi connectivity index (χ0v) is 16.8. The quantitative estimate of drug-likeness (QED) is 0.678. The van der Waals surface area contributed by atoms with Crippen molar-refractivity contribution in [3.63, 3.8) is 0 Å². The van der Waals surface area contributed by atoms with E-state index >= 15 is 0 Å². The summed E-state index contributed by atoms with van der Waals surface area (Å²) in [5, 5.41) is 14.9. The Morgan fingerprint density at radius 2 is 1.82 bits per heavy atom. The summed E-state index contributed by atoms with van der Waals surface area (Å²) < 4.78 is 1.23. The van der Waals surface area contributed by atoms with Crippen molar-refractivity contribution in [2.24, 2.45) is 0 Å². The molecule has 4 nitrogen and oxygen atoms in total. The van der Waals surface area contributed by atoms with Gasteiger partial charge in [0.25, 0.3) is 0 Å². The highest BCUT2D eigenvalue weighted by molar-refractivity contribution is 7.17. The highest BCUT2D eigenvalue weighted by Gasteiger charge is 2.48. The van der Waals surface area contributed by atoms with Crippen LogP contribution in [0, 0.1) is 5.41 Å². The maximum atomic E-state index is 13.3. The third-order valence-corrected chi connectivity index (χ3v) is 7.14. The third kappa shape index (κ3) is 2.65. The van der Waals surface area contributed by atoms with Crippen LogP contribution in [0.15, 0.2) is 53.9 Å². The molecule has 2 aliphatic rings. The molecule has 0 bridgehead atoms. The topological polar surface area (TPSA) is 56.2 Å². The van der Waals surface area contributed by atoms with Gasteiger partial charge in [0.05, 0.1) is 11.5 Å². The van der Waals surface area contributed by atoms with E-state index in [4.69, 9.17) is 5.41 Å². The number of likely N-dealkylation sites (N-methyl/N-ethyl adjacent to an activating group) is 1. The molecule has 1 amide bonds. The number of hydrogen-bond acceptors (Lipinski definition) is 3. The van der Waals surface area contributed by atoms with Crippen molar-refractivity contribution in [1.82, 2.24) is 10.2 Å². The van der Waals surface area contributed by atoms with Gasteiger partial charge in [-0.1, -0.05) is 30.3 Å². The summed E-state index contributed by atoms with van der Waals surface area (Å²) in [7, 11) is 1.67. The molecule has 5 heteroatoms. The predicted molar refractivity (Wildman–Crippen MR) is 114 cm³/mol. The Bertz CT molecular complexity index is 1080. The Morgan fingerprint density at radius 1 is 1.11 bits per heavy atom. The number of rotatable bonds is 3. The molecule has 2 atom stereocenters. The van der Waals surface area contributed by atoms with Crippen molar-refractivity contribution < 1.29 is 4.79 Å². The first-order valence-corrected chi connectivity index (χ1v) is 10.6. The minimum atomic E-state index is -0.683. The number of nitrogens with one attached hydrogen (secondary N) is 2. The lowest BCUT2D eigenvalue weighted by Crippen LogP contribution is -2.62. The van der Waals surface area contributed by atoms with Crippen molar-refractivity contribution >= 4 is 33.3 Å². The first kappa shape index (κ1) is 17.4. The van der Waals surface area contributed by atoms with Crippen LogP contribution in [0.2, 0.25) is 0 Å². The van der Waals surface area contributed by atoms with Crippen molar-refractivity contribution in [2.75, 3.05) is 7.05 Å². The number of benzene rings is 2. The largest absolute Gasteiger partial charge is 0.346 e. The summed E-state index contributed by atoms with van der Waals surface area (Å²) in [5.41, 5.74) is 2.70. The number of thiophene rings is 1. The van der Waals surface area contributed by atoms with E-state index in [1.165, 1.54) is 33.4 Å². The van der Waals surface area contributed by atoms with Gasteiger partial charge in [0, 0.05) is 11.7 Å². The first-order chi connectivity index (χ1) is 13.5. The van der Waals surface area contributed by atoms with E-state index in [0.717, 1.165) is 11.1 Å². The van der Waals surface area contributed by atoms with Crippen molar-refractivity contribution in [3.8, 4) is 0 Å². The minimum Gasteiger partial charge on any atom is -0.346 e. The highest BCUT2D eigenvalue weighted by atomic mass is 32.1. The number of fused-ring (bicyclic) bond motifs is 1. The van der Waals surface area contributed by atoms with Gasteiger partial charge in [-0.25, -0.2) is 0 Å². The van der Waals surface area contributed by atoms with Gasteiger partial charge in [-0.05, 0) is 71.3 Å². The fraction of sp³-hybridized carbons (Fsp3) is 0.304. The minimum absolute atomic E-state index is 0.0455. The maximum absolute atomic E-state index is 13.3. The van der Waals surface area contributed by atoms with E-state index in [1.807, 2.05) is 6.92 Å². The summed E-state index contributed by atoms with van der Waals surface area (Å²) in [5.74, 6) is 0.396. The highest BCUT2D eigenvalue weighted by Crippen LogP contribution is 2.44. The van der Waals surface area contributed by atoms with Gasteiger partial charge in [-0.2, -0.15) is 0 Å². The molecule has 3 aromatic rings. The second-order valence-electron chi connectivity index (χ2n) is 8.12. The van der Waals surface area contributed by atoms with Crippen LogP contribution >= 0.6 is 11.3 Å². The number of carbonyl (C=O) groups excluding carboxylic acids is 1. The molecule has 0 spiro atoms. The van der Waals surface area contributed by atoms with Crippen LogP contribution < -0.4 is 5.32 Å². The smallest absolute Gasteiger partial charge is 0.239 e. The van der Waals surface area contributed by atoms with E-state index in [0.29, 0.717) is 5.92 Å². The summed E-state index contributed by atoms with van der Waals surface area (Å²) in [6.45, 7) is 2.04. The molecule has 2 aromatic carbocycles. The van der Waals surface area contributed by atoms with Gasteiger partial charge in [0.2, 0.25) is 5.91 Å². The lowest BCUT2D eigenvalue weighted by Gasteiger charge is -2.46. The Kier molecular flexibility index (Phi) is 3.85. The first-order valence-electron chi connectivity index (χ1n) is 9.69. The summed E-state index contributed by atoms with van der Waals surface area (Å²) in [6, 6.07) is 17.0. The molecular formula is C23H23N3OS. The molecule has 2 N–H and O–H groups in total. The molecule has 1 aliphatic carbocycles. The summed E-state index contributed by atoms with van der Waals surface area (Å²) in [6.07, 6.45) is 2.53. The Labute approximate surface area is 168 Å². The van der Waals surface area contributed by atoms with Crippen molar-refractivity contribution in [3.05, 3.63) is 70.6 Å². The number of amides is 1. The van der Waals surface area contributed by atoms with Gasteiger partial charge in [0.15, 0.2) is 5.96 Å². The van der Waals surface area contributed by atoms with Crippen LogP contribution in [0.5, 0.6) is 0 Å². The van der Waals surface area contributed by atoms with Crippen LogP contribution in [0.25, 0.3) is 10.1 Å². The molecule has 2 fully saturated rings. The van der Waals surface area contributed by atoms with E-state index in [9.17, 15) is 4.79 Å². The molecule has 1 saturated carbocycles. The second kappa shape index (κ2) is 6.17. The molecule has 1 saturated heterocycles. The molecule has 1 aliphatic heterocycles. The number of nitrogens with zero attached hydrogens (tertiary/aromatic N) is 1. The number of guanidine groups is 1. The third-order valence-electron chi connectivity index (χ3n) is 6.24. The summed E-state index contributed by atoms with van der Waals surface area (Å²) in [4.78, 5) is 14.7. The van der Waals surface area contributed by atoms with Gasteiger partial charge in [-0.3, -0.25) is 15.1 Å². The molecule has 1 aromatic heterocycles. The zero-order valence-electron chi connectivity index (χ0n) is 16.0. The van der Waals surface area contributed by atoms with Crippen LogP contribution in [0.3, 0.4) is 0 Å². The van der Waals surface area contributed by atoms with Gasteiger partial charge in [-0.15, -0.1) is 11.3 Å². The van der Waals surface area contributed by atoms with Crippen LogP contribution in [0.1, 0.15) is 48.3 Å². The van der Waals surface area contributed by atoms with E-state index < -0.39 is 11.5 Å². The monoisotopic (exact) mass is 389 g/mol. The molecule has 28 heavy (non-hydrogen) atoms. The van der Waals surface area contributed by atoms with Crippen molar-refractivity contribution in [2.45, 2.75) is 37.1 Å². The Hall–Kier alpha value is -2.66. The van der Waals surface area contributed by atoms with Crippen LogP contribution in [-0.4, -0.2) is 23.8 Å². The molecule has 2 heterocycles. The average Bonchev–Trinajstić information content (AvgIpc) is 3.43. The Morgan fingerprint density at radius 3 is 2.54 bits per heavy atom. The zero-order chi connectivity index (χ0) is 19.5. The standard InChI is InChI=1S/C23H23N3OS/c1-23(18-9-10-19-17(13-18)11-12-28-19)20(21(27)26(2)22(24)25-23)16-7-5-15(6-8-16)14-3-4-14/h5-14,20H,3-4H2,1-2H3,(H2,24,25)/t20-,23+/m0/s1. The molecule has 5 rings (SSSR count). The van der Waals surface area contributed by atoms with Gasteiger partial charge >= 0.3 is 0 Å². The molecule has 0 unspecified atom stereocenters. The lowest BCUT2D eigenvalue weighted by atomic mass is 9.73. The SMILES string of the molecule is CN1C(=N)N[C@](C)(c2ccc3sccc3c2)[C@@H](c2ccc(C3CC3)cc2)C1=O. The maximum Gasteiger partial charge on any atom is 0.239 e. The second-order valence-corrected chi connectivity index (χ2v) is 9.07. The summed E-state index contributed by atoms with van der Waals surface area (Å²) >= 11 is 1.71. The van der Waals surface area contributed by atoms with Gasteiger partial charge < -0.3 is 5.32 Å². The number of hydrogen-bond donors (Lipinski definition) is 2. The fourth-order valence-electron chi connectivity index (χ4n) is 4.33. The van der Waals surface area contributed by atoms with Gasteiger partial charge in [0.1, 0.15) is 0 Å².